The molecule has 0 radical (unpaired) electrons. The molecule has 18 heavy (non-hydrogen) atoms. The van der Waals surface area contributed by atoms with Crippen LogP contribution in [0.15, 0.2) is 30.5 Å². The summed E-state index contributed by atoms with van der Waals surface area (Å²) in [4.78, 5) is 0. The van der Waals surface area contributed by atoms with E-state index in [1.54, 1.807) is 11.8 Å². The van der Waals surface area contributed by atoms with Gasteiger partial charge < -0.3 is 10.5 Å². The monoisotopic (exact) mass is 246 g/mol. The van der Waals surface area contributed by atoms with E-state index in [0.29, 0.717) is 6.54 Å². The van der Waals surface area contributed by atoms with Crippen molar-refractivity contribution in [3.05, 3.63) is 41.7 Å². The molecule has 1 atom stereocenters. The summed E-state index contributed by atoms with van der Waals surface area (Å²) in [5.41, 5.74) is 7.87. The summed E-state index contributed by atoms with van der Waals surface area (Å²) in [5.74, 6) is 0.845. The standard InChI is InChI=1S/C13H18N4O/c1-3-12(14)13-9-17(16-15-13)8-10-5-4-6-11(7-10)18-2/h4-7,9,12H,3,8,14H2,1-2H3. The molecule has 0 amide bonds. The van der Waals surface area contributed by atoms with Crippen molar-refractivity contribution in [3.63, 3.8) is 0 Å². The Hall–Kier alpha value is -1.88. The van der Waals surface area contributed by atoms with Gasteiger partial charge in [-0.25, -0.2) is 4.68 Å². The maximum atomic E-state index is 5.91. The number of nitrogens with two attached hydrogens (primary N) is 1. The Bertz CT molecular complexity index is 509. The summed E-state index contributed by atoms with van der Waals surface area (Å²) in [5, 5.41) is 8.16. The van der Waals surface area contributed by atoms with Crippen LogP contribution in [0, 0.1) is 0 Å². The van der Waals surface area contributed by atoms with Crippen LogP contribution in [-0.4, -0.2) is 22.1 Å². The first kappa shape index (κ1) is 12.6. The van der Waals surface area contributed by atoms with Gasteiger partial charge in [0.15, 0.2) is 0 Å². The maximum absolute atomic E-state index is 5.91. The lowest BCUT2D eigenvalue weighted by Crippen LogP contribution is -2.08. The normalized spacial score (nSPS) is 12.4. The lowest BCUT2D eigenvalue weighted by molar-refractivity contribution is 0.414. The zero-order chi connectivity index (χ0) is 13.0. The first-order valence-electron chi connectivity index (χ1n) is 6.01. The van der Waals surface area contributed by atoms with Crippen LogP contribution >= 0.6 is 0 Å². The lowest BCUT2D eigenvalue weighted by Gasteiger charge is -2.04. The van der Waals surface area contributed by atoms with Gasteiger partial charge in [0.2, 0.25) is 0 Å². The van der Waals surface area contributed by atoms with Crippen LogP contribution in [0.25, 0.3) is 0 Å². The van der Waals surface area contributed by atoms with Crippen LogP contribution in [0.1, 0.15) is 30.6 Å². The number of benzene rings is 1. The van der Waals surface area contributed by atoms with Gasteiger partial charge in [-0.05, 0) is 24.1 Å². The summed E-state index contributed by atoms with van der Waals surface area (Å²) in [6, 6.07) is 7.86. The minimum absolute atomic E-state index is 0.0379. The number of hydrogen-bond donors (Lipinski definition) is 1. The molecule has 1 heterocycles. The Morgan fingerprint density at radius 3 is 3.00 bits per heavy atom. The van der Waals surface area contributed by atoms with Crippen molar-refractivity contribution in [2.45, 2.75) is 25.9 Å². The molecule has 5 nitrogen and oxygen atoms in total. The van der Waals surface area contributed by atoms with Gasteiger partial charge >= 0.3 is 0 Å². The van der Waals surface area contributed by atoms with Gasteiger partial charge in [0.25, 0.3) is 0 Å². The van der Waals surface area contributed by atoms with Gasteiger partial charge in [0.1, 0.15) is 5.75 Å². The second-order valence-corrected chi connectivity index (χ2v) is 4.21. The molecule has 0 spiro atoms. The van der Waals surface area contributed by atoms with Gasteiger partial charge in [-0.15, -0.1) is 5.10 Å². The summed E-state index contributed by atoms with van der Waals surface area (Å²) in [7, 11) is 1.66. The molecular formula is C13H18N4O. The van der Waals surface area contributed by atoms with Crippen LogP contribution in [-0.2, 0) is 6.54 Å². The van der Waals surface area contributed by atoms with E-state index in [9.17, 15) is 0 Å². The number of rotatable bonds is 5. The highest BCUT2D eigenvalue weighted by atomic mass is 16.5. The largest absolute Gasteiger partial charge is 0.497 e. The highest BCUT2D eigenvalue weighted by molar-refractivity contribution is 5.28. The summed E-state index contributed by atoms with van der Waals surface area (Å²) in [6.07, 6.45) is 2.76. The van der Waals surface area contributed by atoms with Crippen LogP contribution in [0.5, 0.6) is 5.75 Å². The summed E-state index contributed by atoms with van der Waals surface area (Å²) in [6.45, 7) is 2.70. The van der Waals surface area contributed by atoms with Crippen molar-refractivity contribution in [1.82, 2.24) is 15.0 Å². The highest BCUT2D eigenvalue weighted by Gasteiger charge is 2.08. The first-order valence-corrected chi connectivity index (χ1v) is 6.01. The molecule has 0 aliphatic carbocycles. The third kappa shape index (κ3) is 2.87. The predicted molar refractivity (Wildman–Crippen MR) is 69.3 cm³/mol. The molecule has 1 aromatic heterocycles. The summed E-state index contributed by atoms with van der Waals surface area (Å²) < 4.78 is 6.98. The van der Waals surface area contributed by atoms with E-state index in [1.165, 1.54) is 0 Å². The highest BCUT2D eigenvalue weighted by Crippen LogP contribution is 2.14. The Morgan fingerprint density at radius 1 is 1.44 bits per heavy atom. The van der Waals surface area contributed by atoms with Crippen LogP contribution in [0.3, 0.4) is 0 Å². The Morgan fingerprint density at radius 2 is 2.28 bits per heavy atom. The first-order chi connectivity index (χ1) is 8.72. The molecule has 5 heteroatoms. The van der Waals surface area contributed by atoms with Crippen molar-refractivity contribution >= 4 is 0 Å². The van der Waals surface area contributed by atoms with E-state index in [4.69, 9.17) is 10.5 Å². The fourth-order valence-electron chi connectivity index (χ4n) is 1.73. The third-order valence-corrected chi connectivity index (χ3v) is 2.85. The fraction of sp³-hybridized carbons (Fsp3) is 0.385. The second-order valence-electron chi connectivity index (χ2n) is 4.21. The van der Waals surface area contributed by atoms with E-state index < -0.39 is 0 Å². The van der Waals surface area contributed by atoms with Gasteiger partial charge in [-0.2, -0.15) is 0 Å². The average Bonchev–Trinajstić information content (AvgIpc) is 2.86. The number of hydrogen-bond acceptors (Lipinski definition) is 4. The fourth-order valence-corrected chi connectivity index (χ4v) is 1.73. The Kier molecular flexibility index (Phi) is 3.94. The van der Waals surface area contributed by atoms with Gasteiger partial charge in [0, 0.05) is 0 Å². The molecule has 1 aromatic carbocycles. The van der Waals surface area contributed by atoms with E-state index >= 15 is 0 Å². The average molecular weight is 246 g/mol. The molecule has 1 unspecified atom stereocenters. The van der Waals surface area contributed by atoms with Gasteiger partial charge in [0.05, 0.1) is 31.6 Å². The maximum Gasteiger partial charge on any atom is 0.119 e. The third-order valence-electron chi connectivity index (χ3n) is 2.85. The topological polar surface area (TPSA) is 66.0 Å². The molecule has 0 saturated heterocycles. The number of aromatic nitrogens is 3. The zero-order valence-corrected chi connectivity index (χ0v) is 10.7. The van der Waals surface area contributed by atoms with Crippen molar-refractivity contribution in [2.24, 2.45) is 5.73 Å². The zero-order valence-electron chi connectivity index (χ0n) is 10.7. The molecule has 0 saturated carbocycles. The molecular weight excluding hydrogens is 228 g/mol. The van der Waals surface area contributed by atoms with E-state index in [-0.39, 0.29) is 6.04 Å². The molecule has 2 rings (SSSR count). The van der Waals surface area contributed by atoms with Gasteiger partial charge in [-0.3, -0.25) is 0 Å². The van der Waals surface area contributed by atoms with Crippen molar-refractivity contribution < 1.29 is 4.74 Å². The molecule has 96 valence electrons. The number of nitrogens with zero attached hydrogens (tertiary/aromatic N) is 3. The Balaban J connectivity index is 2.11. The van der Waals surface area contributed by atoms with Gasteiger partial charge in [-0.1, -0.05) is 24.3 Å². The van der Waals surface area contributed by atoms with Crippen LogP contribution < -0.4 is 10.5 Å². The molecule has 0 bridgehead atoms. The number of ether oxygens (including phenoxy) is 1. The van der Waals surface area contributed by atoms with E-state index in [0.717, 1.165) is 23.4 Å². The number of methoxy groups -OCH3 is 1. The predicted octanol–water partition coefficient (Wildman–Crippen LogP) is 1.74. The van der Waals surface area contributed by atoms with E-state index in [2.05, 4.69) is 10.3 Å². The van der Waals surface area contributed by atoms with Crippen molar-refractivity contribution in [1.29, 1.82) is 0 Å². The molecule has 0 aliphatic rings. The second kappa shape index (κ2) is 5.64. The van der Waals surface area contributed by atoms with Crippen LogP contribution in [0.2, 0.25) is 0 Å². The summed E-state index contributed by atoms with van der Waals surface area (Å²) >= 11 is 0. The molecule has 2 aromatic rings. The minimum Gasteiger partial charge on any atom is -0.497 e. The van der Waals surface area contributed by atoms with Crippen molar-refractivity contribution in [2.75, 3.05) is 7.11 Å². The Labute approximate surface area is 107 Å². The minimum atomic E-state index is -0.0379. The molecule has 0 aliphatic heterocycles. The van der Waals surface area contributed by atoms with Crippen LogP contribution in [0.4, 0.5) is 0 Å². The van der Waals surface area contributed by atoms with E-state index in [1.807, 2.05) is 37.4 Å². The molecule has 0 fully saturated rings. The quantitative estimate of drug-likeness (QED) is 0.872. The lowest BCUT2D eigenvalue weighted by atomic mass is 10.2. The SMILES string of the molecule is CCC(N)c1cn(Cc2cccc(OC)c2)nn1. The van der Waals surface area contributed by atoms with Crippen molar-refractivity contribution in [3.8, 4) is 5.75 Å². The smallest absolute Gasteiger partial charge is 0.119 e. The molecule has 2 N–H and O–H groups in total.